The lowest BCUT2D eigenvalue weighted by molar-refractivity contribution is -0.131. The minimum Gasteiger partial charge on any atom is -0.343 e. The molecular formula is C25H25N5O3. The molecule has 1 N–H and O–H groups in total. The Kier molecular flexibility index (Phi) is 5.73. The summed E-state index contributed by atoms with van der Waals surface area (Å²) in [7, 11) is 0. The topological polar surface area (TPSA) is 101 Å². The highest BCUT2D eigenvalue weighted by molar-refractivity contribution is 6.02. The quantitative estimate of drug-likeness (QED) is 0.653. The van der Waals surface area contributed by atoms with Crippen LogP contribution in [0.2, 0.25) is 0 Å². The fraction of sp³-hybridized carbons (Fsp3) is 0.320. The highest BCUT2D eigenvalue weighted by Crippen LogP contribution is 2.30. The standard InChI is InChI=1S/C25H25N5O3/c1-16-21-8-7-19(13-20(21)14-26-16)23-28-25(33-29-23)18-9-11-30(12-10-18)22(31)15-27-24(32)17-5-3-2-4-6-17/h2-8,13,18H,9-12,14-15H2,1H3,(H,27,32). The summed E-state index contributed by atoms with van der Waals surface area (Å²) in [5, 5.41) is 6.89. The molecule has 0 atom stereocenters. The van der Waals surface area contributed by atoms with E-state index in [0.29, 0.717) is 36.9 Å². The fourth-order valence-electron chi connectivity index (χ4n) is 4.36. The maximum absolute atomic E-state index is 12.5. The van der Waals surface area contributed by atoms with E-state index >= 15 is 0 Å². The highest BCUT2D eigenvalue weighted by atomic mass is 16.5. The number of aromatic nitrogens is 2. The molecule has 1 fully saturated rings. The number of hydrogen-bond donors (Lipinski definition) is 1. The summed E-state index contributed by atoms with van der Waals surface area (Å²) in [6, 6.07) is 15.0. The molecule has 2 amide bonds. The van der Waals surface area contributed by atoms with Crippen molar-refractivity contribution in [1.82, 2.24) is 20.4 Å². The molecule has 3 heterocycles. The van der Waals surface area contributed by atoms with Crippen LogP contribution in [0.5, 0.6) is 0 Å². The number of amides is 2. The predicted molar refractivity (Wildman–Crippen MR) is 123 cm³/mol. The zero-order valence-corrected chi connectivity index (χ0v) is 18.5. The van der Waals surface area contributed by atoms with E-state index in [1.807, 2.05) is 19.1 Å². The van der Waals surface area contributed by atoms with Gasteiger partial charge in [0.05, 0.1) is 13.1 Å². The van der Waals surface area contributed by atoms with Gasteiger partial charge < -0.3 is 14.7 Å². The van der Waals surface area contributed by atoms with Crippen molar-refractivity contribution >= 4 is 17.5 Å². The fourth-order valence-corrected chi connectivity index (χ4v) is 4.36. The van der Waals surface area contributed by atoms with Crippen LogP contribution in [-0.2, 0) is 11.3 Å². The number of benzene rings is 2. The van der Waals surface area contributed by atoms with Gasteiger partial charge in [0.25, 0.3) is 5.91 Å². The van der Waals surface area contributed by atoms with Crippen molar-refractivity contribution in [3.8, 4) is 11.4 Å². The van der Waals surface area contributed by atoms with E-state index in [1.165, 1.54) is 11.1 Å². The lowest BCUT2D eigenvalue weighted by Crippen LogP contribution is -2.43. The van der Waals surface area contributed by atoms with Gasteiger partial charge >= 0.3 is 0 Å². The molecule has 0 bridgehead atoms. The first kappa shape index (κ1) is 21.1. The van der Waals surface area contributed by atoms with Crippen LogP contribution in [0.4, 0.5) is 0 Å². The molecule has 3 aromatic rings. The minimum absolute atomic E-state index is 0.00931. The Bertz CT molecular complexity index is 1210. The van der Waals surface area contributed by atoms with Crippen molar-refractivity contribution in [2.75, 3.05) is 19.6 Å². The number of aliphatic imine (C=N–C) groups is 1. The molecule has 1 aromatic heterocycles. The van der Waals surface area contributed by atoms with Gasteiger partial charge in [-0.05, 0) is 43.5 Å². The summed E-state index contributed by atoms with van der Waals surface area (Å²) < 4.78 is 5.57. The Morgan fingerprint density at radius 2 is 1.91 bits per heavy atom. The number of carbonyl (C=O) groups excluding carboxylic acids is 2. The van der Waals surface area contributed by atoms with Crippen molar-refractivity contribution < 1.29 is 14.1 Å². The van der Waals surface area contributed by atoms with Crippen molar-refractivity contribution in [2.45, 2.75) is 32.2 Å². The summed E-state index contributed by atoms with van der Waals surface area (Å²) in [4.78, 5) is 35.6. The molecule has 0 unspecified atom stereocenters. The summed E-state index contributed by atoms with van der Waals surface area (Å²) in [6.45, 7) is 3.89. The number of piperidine rings is 1. The number of rotatable bonds is 5. The van der Waals surface area contributed by atoms with E-state index in [1.54, 1.807) is 29.2 Å². The number of carbonyl (C=O) groups is 2. The molecule has 0 aliphatic carbocycles. The molecule has 8 heteroatoms. The van der Waals surface area contributed by atoms with Gasteiger partial charge in [-0.1, -0.05) is 35.5 Å². The van der Waals surface area contributed by atoms with Gasteiger partial charge in [0, 0.05) is 41.4 Å². The average molecular weight is 444 g/mol. The van der Waals surface area contributed by atoms with Gasteiger partial charge in [0.1, 0.15) is 0 Å². The van der Waals surface area contributed by atoms with Crippen LogP contribution in [0.15, 0.2) is 58.0 Å². The molecule has 2 aromatic carbocycles. The van der Waals surface area contributed by atoms with Crippen molar-refractivity contribution in [3.05, 3.63) is 71.1 Å². The average Bonchev–Trinajstić information content (AvgIpc) is 3.50. The molecule has 8 nitrogen and oxygen atoms in total. The first-order valence-electron chi connectivity index (χ1n) is 11.2. The maximum Gasteiger partial charge on any atom is 0.251 e. The molecule has 0 spiro atoms. The predicted octanol–water partition coefficient (Wildman–Crippen LogP) is 3.20. The smallest absolute Gasteiger partial charge is 0.251 e. The first-order valence-corrected chi connectivity index (χ1v) is 11.2. The van der Waals surface area contributed by atoms with E-state index in [2.05, 4.69) is 32.6 Å². The third-order valence-electron chi connectivity index (χ3n) is 6.31. The molecule has 168 valence electrons. The third kappa shape index (κ3) is 4.41. The lowest BCUT2D eigenvalue weighted by Gasteiger charge is -2.30. The number of likely N-dealkylation sites (tertiary alicyclic amines) is 1. The molecule has 2 aliphatic heterocycles. The second-order valence-corrected chi connectivity index (χ2v) is 8.43. The minimum atomic E-state index is -0.245. The zero-order valence-electron chi connectivity index (χ0n) is 18.5. The summed E-state index contributed by atoms with van der Waals surface area (Å²) in [5.41, 5.74) is 4.89. The first-order chi connectivity index (χ1) is 16.1. The molecule has 1 saturated heterocycles. The van der Waals surface area contributed by atoms with Crippen molar-refractivity contribution in [3.63, 3.8) is 0 Å². The second kappa shape index (κ2) is 8.97. The summed E-state index contributed by atoms with van der Waals surface area (Å²) in [6.07, 6.45) is 1.49. The van der Waals surface area contributed by atoms with Crippen LogP contribution in [-0.4, -0.2) is 52.2 Å². The van der Waals surface area contributed by atoms with Gasteiger partial charge in [0.15, 0.2) is 0 Å². The van der Waals surface area contributed by atoms with E-state index < -0.39 is 0 Å². The Morgan fingerprint density at radius 3 is 2.70 bits per heavy atom. The Morgan fingerprint density at radius 1 is 1.12 bits per heavy atom. The number of hydrogen-bond acceptors (Lipinski definition) is 6. The van der Waals surface area contributed by atoms with E-state index in [0.717, 1.165) is 24.1 Å². The third-order valence-corrected chi connectivity index (χ3v) is 6.31. The molecule has 2 aliphatic rings. The van der Waals surface area contributed by atoms with E-state index in [-0.39, 0.29) is 24.3 Å². The van der Waals surface area contributed by atoms with Crippen LogP contribution < -0.4 is 5.32 Å². The summed E-state index contributed by atoms with van der Waals surface area (Å²) in [5.74, 6) is 0.987. The van der Waals surface area contributed by atoms with Gasteiger partial charge in [-0.2, -0.15) is 4.98 Å². The molecule has 0 saturated carbocycles. The SMILES string of the molecule is CC1=NCc2cc(-c3noc(C4CCN(C(=O)CNC(=O)c5ccccc5)CC4)n3)ccc21. The maximum atomic E-state index is 12.5. The molecular weight excluding hydrogens is 418 g/mol. The lowest BCUT2D eigenvalue weighted by atomic mass is 9.96. The normalized spacial score (nSPS) is 15.8. The molecule has 0 radical (unpaired) electrons. The monoisotopic (exact) mass is 443 g/mol. The van der Waals surface area contributed by atoms with Crippen molar-refractivity contribution in [2.24, 2.45) is 4.99 Å². The van der Waals surface area contributed by atoms with Crippen LogP contribution in [0.3, 0.4) is 0 Å². The van der Waals surface area contributed by atoms with Crippen molar-refractivity contribution in [1.29, 1.82) is 0 Å². The van der Waals surface area contributed by atoms with Crippen LogP contribution >= 0.6 is 0 Å². The number of fused-ring (bicyclic) bond motifs is 1. The van der Waals surface area contributed by atoms with Gasteiger partial charge in [-0.3, -0.25) is 14.6 Å². The highest BCUT2D eigenvalue weighted by Gasteiger charge is 2.28. The molecule has 33 heavy (non-hydrogen) atoms. The van der Waals surface area contributed by atoms with Gasteiger partial charge in [-0.25, -0.2) is 0 Å². The Hall–Kier alpha value is -3.81. The van der Waals surface area contributed by atoms with Gasteiger partial charge in [-0.15, -0.1) is 0 Å². The second-order valence-electron chi connectivity index (χ2n) is 8.43. The van der Waals surface area contributed by atoms with Crippen LogP contribution in [0, 0.1) is 0 Å². The van der Waals surface area contributed by atoms with Gasteiger partial charge in [0.2, 0.25) is 17.6 Å². The number of nitrogens with one attached hydrogen (secondary N) is 1. The van der Waals surface area contributed by atoms with Crippen LogP contribution in [0.1, 0.15) is 53.1 Å². The number of nitrogens with zero attached hydrogens (tertiary/aromatic N) is 4. The summed E-state index contributed by atoms with van der Waals surface area (Å²) >= 11 is 0. The van der Waals surface area contributed by atoms with E-state index in [9.17, 15) is 9.59 Å². The van der Waals surface area contributed by atoms with E-state index in [4.69, 9.17) is 4.52 Å². The molecule has 5 rings (SSSR count). The largest absolute Gasteiger partial charge is 0.343 e. The zero-order chi connectivity index (χ0) is 22.8. The Labute approximate surface area is 191 Å². The van der Waals surface area contributed by atoms with Crippen LogP contribution in [0.25, 0.3) is 11.4 Å². The Balaban J connectivity index is 1.15.